The highest BCUT2D eigenvalue weighted by Gasteiger charge is 2.20. The first-order valence-corrected chi connectivity index (χ1v) is 9.03. The van der Waals surface area contributed by atoms with E-state index in [2.05, 4.69) is 77.3 Å². The van der Waals surface area contributed by atoms with Gasteiger partial charge in [0.25, 0.3) is 0 Å². The largest absolute Gasteiger partial charge is 0.299 e. The van der Waals surface area contributed by atoms with Gasteiger partial charge in [-0.05, 0) is 36.5 Å². The Morgan fingerprint density at radius 1 is 0.760 bits per heavy atom. The maximum absolute atomic E-state index is 4.93. The molecule has 2 heterocycles. The minimum Gasteiger partial charge on any atom is -0.299 e. The summed E-state index contributed by atoms with van der Waals surface area (Å²) in [5.41, 5.74) is 7.05. The highest BCUT2D eigenvalue weighted by Crippen LogP contribution is 2.38. The molecule has 0 amide bonds. The Labute approximate surface area is 147 Å². The third-order valence-corrected chi connectivity index (χ3v) is 5.34. The third kappa shape index (κ3) is 2.45. The minimum atomic E-state index is 0.767. The van der Waals surface area contributed by atoms with Gasteiger partial charge in [-0.3, -0.25) is 4.40 Å². The molecule has 0 atom stereocenters. The second-order valence-electron chi connectivity index (χ2n) is 6.85. The van der Waals surface area contributed by atoms with Crippen LogP contribution in [0, 0.1) is 0 Å². The van der Waals surface area contributed by atoms with Gasteiger partial charge in [0, 0.05) is 17.3 Å². The van der Waals surface area contributed by atoms with Crippen molar-refractivity contribution in [3.8, 4) is 22.5 Å². The fourth-order valence-corrected chi connectivity index (χ4v) is 3.72. The SMILES string of the molecule is c1ccc(-c2c(-c3ccc(C4CCC4)cc3)nc3ccccn23)cc1. The summed E-state index contributed by atoms with van der Waals surface area (Å²) in [7, 11) is 0. The van der Waals surface area contributed by atoms with E-state index < -0.39 is 0 Å². The van der Waals surface area contributed by atoms with Crippen molar-refractivity contribution < 1.29 is 0 Å². The Kier molecular flexibility index (Phi) is 3.41. The molecule has 4 aromatic rings. The van der Waals surface area contributed by atoms with E-state index in [9.17, 15) is 0 Å². The first-order valence-electron chi connectivity index (χ1n) is 9.03. The Morgan fingerprint density at radius 2 is 1.52 bits per heavy atom. The van der Waals surface area contributed by atoms with Gasteiger partial charge >= 0.3 is 0 Å². The number of pyridine rings is 1. The molecule has 1 aliphatic carbocycles. The fraction of sp³-hybridized carbons (Fsp3) is 0.174. The zero-order valence-electron chi connectivity index (χ0n) is 14.1. The van der Waals surface area contributed by atoms with E-state index in [0.29, 0.717) is 0 Å². The van der Waals surface area contributed by atoms with Crippen LogP contribution in [-0.2, 0) is 0 Å². The molecule has 0 unspecified atom stereocenters. The molecule has 0 saturated heterocycles. The van der Waals surface area contributed by atoms with E-state index in [4.69, 9.17) is 4.98 Å². The van der Waals surface area contributed by atoms with Crippen LogP contribution in [0.4, 0.5) is 0 Å². The number of benzene rings is 2. The van der Waals surface area contributed by atoms with Crippen LogP contribution in [0.15, 0.2) is 79.0 Å². The lowest BCUT2D eigenvalue weighted by molar-refractivity contribution is 0.420. The maximum atomic E-state index is 4.93. The molecule has 2 nitrogen and oxygen atoms in total. The van der Waals surface area contributed by atoms with Gasteiger partial charge in [-0.2, -0.15) is 0 Å². The molecule has 5 rings (SSSR count). The average Bonchev–Trinajstić information content (AvgIpc) is 3.01. The highest BCUT2D eigenvalue weighted by atomic mass is 15.0. The first-order chi connectivity index (χ1) is 12.4. The zero-order valence-corrected chi connectivity index (χ0v) is 14.1. The van der Waals surface area contributed by atoms with Crippen LogP contribution < -0.4 is 0 Å². The van der Waals surface area contributed by atoms with Crippen LogP contribution in [0.5, 0.6) is 0 Å². The van der Waals surface area contributed by atoms with Crippen molar-refractivity contribution in [3.05, 3.63) is 84.6 Å². The molecule has 0 N–H and O–H groups in total. The Balaban J connectivity index is 1.67. The van der Waals surface area contributed by atoms with Crippen molar-refractivity contribution in [1.82, 2.24) is 9.38 Å². The van der Waals surface area contributed by atoms with Crippen molar-refractivity contribution in [1.29, 1.82) is 0 Å². The Morgan fingerprint density at radius 3 is 2.24 bits per heavy atom. The molecule has 0 radical (unpaired) electrons. The number of nitrogens with zero attached hydrogens (tertiary/aromatic N) is 2. The number of imidazole rings is 1. The van der Waals surface area contributed by atoms with Gasteiger partial charge in [-0.25, -0.2) is 4.98 Å². The standard InChI is InChI=1S/C23H20N2/c1-2-7-20(8-3-1)23-22(24-21-11-4-5-16-25(21)23)19-14-12-18(13-15-19)17-9-6-10-17/h1-5,7-8,11-17H,6,9-10H2. The first kappa shape index (κ1) is 14.5. The average molecular weight is 324 g/mol. The van der Waals surface area contributed by atoms with Crippen molar-refractivity contribution >= 4 is 5.65 Å². The molecule has 2 aromatic carbocycles. The van der Waals surface area contributed by atoms with Crippen molar-refractivity contribution in [3.63, 3.8) is 0 Å². The molecule has 0 bridgehead atoms. The van der Waals surface area contributed by atoms with Crippen LogP contribution in [-0.4, -0.2) is 9.38 Å². The van der Waals surface area contributed by atoms with Crippen LogP contribution >= 0.6 is 0 Å². The topological polar surface area (TPSA) is 17.3 Å². The summed E-state index contributed by atoms with van der Waals surface area (Å²) in [5.74, 6) is 0.767. The van der Waals surface area contributed by atoms with Crippen LogP contribution in [0.1, 0.15) is 30.7 Å². The molecule has 1 saturated carbocycles. The lowest BCUT2D eigenvalue weighted by Crippen LogP contribution is -2.08. The molecule has 1 aliphatic rings. The number of rotatable bonds is 3. The Hall–Kier alpha value is -2.87. The minimum absolute atomic E-state index is 0.767. The van der Waals surface area contributed by atoms with E-state index in [1.807, 2.05) is 6.07 Å². The number of fused-ring (bicyclic) bond motifs is 1. The maximum Gasteiger partial charge on any atom is 0.137 e. The molecule has 0 aliphatic heterocycles. The zero-order chi connectivity index (χ0) is 16.6. The molecule has 1 fully saturated rings. The van der Waals surface area contributed by atoms with Crippen LogP contribution in [0.2, 0.25) is 0 Å². The van der Waals surface area contributed by atoms with Gasteiger partial charge in [-0.1, -0.05) is 67.1 Å². The molecule has 0 spiro atoms. The van der Waals surface area contributed by atoms with Gasteiger partial charge < -0.3 is 0 Å². The van der Waals surface area contributed by atoms with Gasteiger partial charge in [0.05, 0.1) is 11.4 Å². The Bertz CT molecular complexity index is 1010. The molecule has 122 valence electrons. The summed E-state index contributed by atoms with van der Waals surface area (Å²) in [6.45, 7) is 0. The predicted molar refractivity (Wildman–Crippen MR) is 103 cm³/mol. The summed E-state index contributed by atoms with van der Waals surface area (Å²) < 4.78 is 2.19. The van der Waals surface area contributed by atoms with Gasteiger partial charge in [0.1, 0.15) is 5.65 Å². The van der Waals surface area contributed by atoms with E-state index >= 15 is 0 Å². The van der Waals surface area contributed by atoms with Gasteiger partial charge in [0.15, 0.2) is 0 Å². The van der Waals surface area contributed by atoms with Gasteiger partial charge in [0.2, 0.25) is 0 Å². The summed E-state index contributed by atoms with van der Waals surface area (Å²) in [5, 5.41) is 0. The third-order valence-electron chi connectivity index (χ3n) is 5.34. The fourth-order valence-electron chi connectivity index (χ4n) is 3.72. The summed E-state index contributed by atoms with van der Waals surface area (Å²) >= 11 is 0. The summed E-state index contributed by atoms with van der Waals surface area (Å²) in [6, 6.07) is 25.8. The van der Waals surface area contributed by atoms with E-state index in [1.54, 1.807) is 0 Å². The molecule has 2 aromatic heterocycles. The summed E-state index contributed by atoms with van der Waals surface area (Å²) in [6.07, 6.45) is 6.14. The molecular weight excluding hydrogens is 304 g/mol. The van der Waals surface area contributed by atoms with Crippen LogP contribution in [0.3, 0.4) is 0 Å². The summed E-state index contributed by atoms with van der Waals surface area (Å²) in [4.78, 5) is 4.93. The van der Waals surface area contributed by atoms with Crippen molar-refractivity contribution in [2.24, 2.45) is 0 Å². The highest BCUT2D eigenvalue weighted by molar-refractivity contribution is 5.82. The predicted octanol–water partition coefficient (Wildman–Crippen LogP) is 5.94. The lowest BCUT2D eigenvalue weighted by atomic mass is 9.80. The monoisotopic (exact) mass is 324 g/mol. The lowest BCUT2D eigenvalue weighted by Gasteiger charge is -2.25. The molecule has 25 heavy (non-hydrogen) atoms. The second kappa shape index (κ2) is 5.89. The number of hydrogen-bond donors (Lipinski definition) is 0. The smallest absolute Gasteiger partial charge is 0.137 e. The van der Waals surface area contributed by atoms with E-state index in [1.165, 1.54) is 36.0 Å². The van der Waals surface area contributed by atoms with Gasteiger partial charge in [-0.15, -0.1) is 0 Å². The number of aromatic nitrogens is 2. The normalized spacial score (nSPS) is 14.6. The molecule has 2 heteroatoms. The van der Waals surface area contributed by atoms with E-state index in [-0.39, 0.29) is 0 Å². The quantitative estimate of drug-likeness (QED) is 0.456. The molecular formula is C23H20N2. The van der Waals surface area contributed by atoms with Crippen molar-refractivity contribution in [2.45, 2.75) is 25.2 Å². The second-order valence-corrected chi connectivity index (χ2v) is 6.85. The van der Waals surface area contributed by atoms with E-state index in [0.717, 1.165) is 23.0 Å². The number of hydrogen-bond acceptors (Lipinski definition) is 1. The van der Waals surface area contributed by atoms with Crippen molar-refractivity contribution in [2.75, 3.05) is 0 Å². The van der Waals surface area contributed by atoms with Crippen LogP contribution in [0.25, 0.3) is 28.2 Å².